The third kappa shape index (κ3) is 3.10. The molecule has 0 atom stereocenters. The molecule has 102 valence electrons. The normalized spacial score (nSPS) is 11.3. The molecule has 0 saturated heterocycles. The van der Waals surface area contributed by atoms with Gasteiger partial charge in [0.05, 0.1) is 18.1 Å². The Labute approximate surface area is 122 Å². The number of benzene rings is 1. The Balaban J connectivity index is 2.32. The largest absolute Gasteiger partial charge is 0.249 e. The predicted octanol–water partition coefficient (Wildman–Crippen LogP) is 4.59. The highest BCUT2D eigenvalue weighted by molar-refractivity contribution is 6.31. The van der Waals surface area contributed by atoms with Crippen LogP contribution in [0.2, 0.25) is 5.15 Å². The summed E-state index contributed by atoms with van der Waals surface area (Å²) in [6.45, 7) is 4.61. The SMILES string of the molecule is CC(C)c1nn(Cc2ccc(F)cc2)c(Cl)c1CCl. The van der Waals surface area contributed by atoms with Gasteiger partial charge < -0.3 is 0 Å². The van der Waals surface area contributed by atoms with E-state index in [1.165, 1.54) is 12.1 Å². The van der Waals surface area contributed by atoms with Crippen molar-refractivity contribution in [2.45, 2.75) is 32.2 Å². The highest BCUT2D eigenvalue weighted by atomic mass is 35.5. The Morgan fingerprint density at radius 3 is 2.37 bits per heavy atom. The molecule has 0 amide bonds. The molecule has 0 spiro atoms. The van der Waals surface area contributed by atoms with E-state index in [0.717, 1.165) is 16.8 Å². The van der Waals surface area contributed by atoms with Crippen LogP contribution in [-0.2, 0) is 12.4 Å². The quantitative estimate of drug-likeness (QED) is 0.755. The zero-order valence-electron chi connectivity index (χ0n) is 10.8. The number of alkyl halides is 1. The molecule has 5 heteroatoms. The maximum absolute atomic E-state index is 12.9. The van der Waals surface area contributed by atoms with Crippen LogP contribution in [0.15, 0.2) is 24.3 Å². The summed E-state index contributed by atoms with van der Waals surface area (Å²) in [7, 11) is 0. The minimum Gasteiger partial charge on any atom is -0.249 e. The first kappa shape index (κ1) is 14.4. The van der Waals surface area contributed by atoms with Gasteiger partial charge in [-0.25, -0.2) is 9.07 Å². The number of hydrogen-bond donors (Lipinski definition) is 0. The Morgan fingerprint density at radius 1 is 1.26 bits per heavy atom. The van der Waals surface area contributed by atoms with Gasteiger partial charge in [0.2, 0.25) is 0 Å². The van der Waals surface area contributed by atoms with E-state index < -0.39 is 0 Å². The fourth-order valence-corrected chi connectivity index (χ4v) is 2.54. The summed E-state index contributed by atoms with van der Waals surface area (Å²) in [5.74, 6) is 0.357. The molecule has 0 aliphatic rings. The minimum absolute atomic E-state index is 0.250. The van der Waals surface area contributed by atoms with Gasteiger partial charge in [-0.2, -0.15) is 5.10 Å². The van der Waals surface area contributed by atoms with Crippen molar-refractivity contribution in [3.8, 4) is 0 Å². The fourth-order valence-electron chi connectivity index (χ4n) is 1.95. The van der Waals surface area contributed by atoms with E-state index in [9.17, 15) is 4.39 Å². The maximum atomic E-state index is 12.9. The van der Waals surface area contributed by atoms with Gasteiger partial charge in [0.15, 0.2) is 0 Å². The van der Waals surface area contributed by atoms with E-state index in [1.807, 2.05) is 0 Å². The number of aromatic nitrogens is 2. The van der Waals surface area contributed by atoms with E-state index in [2.05, 4.69) is 18.9 Å². The zero-order valence-corrected chi connectivity index (χ0v) is 12.3. The number of hydrogen-bond acceptors (Lipinski definition) is 1. The Kier molecular flexibility index (Phi) is 4.48. The monoisotopic (exact) mass is 300 g/mol. The van der Waals surface area contributed by atoms with Crippen LogP contribution in [0, 0.1) is 5.82 Å². The van der Waals surface area contributed by atoms with Crippen LogP contribution in [0.5, 0.6) is 0 Å². The van der Waals surface area contributed by atoms with Gasteiger partial charge >= 0.3 is 0 Å². The van der Waals surface area contributed by atoms with E-state index in [4.69, 9.17) is 23.2 Å². The van der Waals surface area contributed by atoms with Crippen molar-refractivity contribution in [1.82, 2.24) is 9.78 Å². The number of nitrogens with zero attached hydrogens (tertiary/aromatic N) is 2. The van der Waals surface area contributed by atoms with E-state index >= 15 is 0 Å². The van der Waals surface area contributed by atoms with Crippen LogP contribution in [0.1, 0.15) is 36.6 Å². The van der Waals surface area contributed by atoms with Crippen LogP contribution < -0.4 is 0 Å². The lowest BCUT2D eigenvalue weighted by Crippen LogP contribution is -2.03. The lowest BCUT2D eigenvalue weighted by molar-refractivity contribution is 0.623. The van der Waals surface area contributed by atoms with E-state index in [0.29, 0.717) is 17.6 Å². The molecule has 0 bridgehead atoms. The third-order valence-corrected chi connectivity index (χ3v) is 3.63. The zero-order chi connectivity index (χ0) is 14.0. The summed E-state index contributed by atoms with van der Waals surface area (Å²) in [4.78, 5) is 0. The lowest BCUT2D eigenvalue weighted by atomic mass is 10.1. The summed E-state index contributed by atoms with van der Waals surface area (Å²) in [6.07, 6.45) is 0. The number of halogens is 3. The molecule has 19 heavy (non-hydrogen) atoms. The van der Waals surface area contributed by atoms with Gasteiger partial charge in [0.25, 0.3) is 0 Å². The van der Waals surface area contributed by atoms with Gasteiger partial charge in [-0.05, 0) is 23.6 Å². The summed E-state index contributed by atoms with van der Waals surface area (Å²) in [5.41, 5.74) is 2.74. The highest BCUT2D eigenvalue weighted by Gasteiger charge is 2.17. The summed E-state index contributed by atoms with van der Waals surface area (Å²) in [5, 5.41) is 5.06. The first-order valence-corrected chi connectivity index (χ1v) is 6.99. The highest BCUT2D eigenvalue weighted by Crippen LogP contribution is 2.27. The van der Waals surface area contributed by atoms with Crippen molar-refractivity contribution >= 4 is 23.2 Å². The predicted molar refractivity (Wildman–Crippen MR) is 76.4 cm³/mol. The summed E-state index contributed by atoms with van der Waals surface area (Å²) < 4.78 is 14.6. The molecule has 2 nitrogen and oxygen atoms in total. The number of rotatable bonds is 4. The van der Waals surface area contributed by atoms with Crippen LogP contribution in [0.25, 0.3) is 0 Å². The second-order valence-electron chi connectivity index (χ2n) is 4.73. The fraction of sp³-hybridized carbons (Fsp3) is 0.357. The van der Waals surface area contributed by atoms with E-state index in [1.54, 1.807) is 16.8 Å². The molecule has 0 aliphatic carbocycles. The summed E-state index contributed by atoms with van der Waals surface area (Å²) in [6, 6.07) is 6.31. The first-order valence-electron chi connectivity index (χ1n) is 6.08. The van der Waals surface area contributed by atoms with Crippen LogP contribution >= 0.6 is 23.2 Å². The standard InChI is InChI=1S/C14H15Cl2FN2/c1-9(2)13-12(7-15)14(16)19(18-13)8-10-3-5-11(17)6-4-10/h3-6,9H,7-8H2,1-2H3. The van der Waals surface area contributed by atoms with Crippen LogP contribution in [-0.4, -0.2) is 9.78 Å². The van der Waals surface area contributed by atoms with Gasteiger partial charge in [-0.3, -0.25) is 0 Å². The third-order valence-electron chi connectivity index (χ3n) is 2.94. The van der Waals surface area contributed by atoms with Crippen molar-refractivity contribution in [3.63, 3.8) is 0 Å². The second-order valence-corrected chi connectivity index (χ2v) is 5.35. The molecule has 1 aromatic carbocycles. The van der Waals surface area contributed by atoms with Crippen molar-refractivity contribution in [2.75, 3.05) is 0 Å². The Morgan fingerprint density at radius 2 is 1.89 bits per heavy atom. The molecule has 0 N–H and O–H groups in total. The molecule has 0 aliphatic heterocycles. The molecule has 0 unspecified atom stereocenters. The average Bonchev–Trinajstić information content (AvgIpc) is 2.69. The molecule has 0 fully saturated rings. The molecule has 0 radical (unpaired) electrons. The molecule has 1 aromatic heterocycles. The van der Waals surface area contributed by atoms with Crippen molar-refractivity contribution in [1.29, 1.82) is 0 Å². The Hall–Kier alpha value is -1.06. The molecule has 2 rings (SSSR count). The van der Waals surface area contributed by atoms with Crippen molar-refractivity contribution in [3.05, 3.63) is 52.1 Å². The molecular formula is C14H15Cl2FN2. The molecular weight excluding hydrogens is 286 g/mol. The van der Waals surface area contributed by atoms with Crippen molar-refractivity contribution in [2.24, 2.45) is 0 Å². The van der Waals surface area contributed by atoms with Gasteiger partial charge in [0, 0.05) is 5.56 Å². The van der Waals surface area contributed by atoms with Gasteiger partial charge in [0.1, 0.15) is 11.0 Å². The topological polar surface area (TPSA) is 17.8 Å². The molecule has 1 heterocycles. The lowest BCUT2D eigenvalue weighted by Gasteiger charge is -2.03. The summed E-state index contributed by atoms with van der Waals surface area (Å²) >= 11 is 12.2. The second kappa shape index (κ2) is 5.93. The van der Waals surface area contributed by atoms with Gasteiger partial charge in [-0.15, -0.1) is 11.6 Å². The van der Waals surface area contributed by atoms with E-state index in [-0.39, 0.29) is 11.7 Å². The first-order chi connectivity index (χ1) is 9.02. The van der Waals surface area contributed by atoms with Crippen LogP contribution in [0.3, 0.4) is 0 Å². The van der Waals surface area contributed by atoms with Gasteiger partial charge in [-0.1, -0.05) is 37.6 Å². The maximum Gasteiger partial charge on any atom is 0.132 e. The smallest absolute Gasteiger partial charge is 0.132 e. The van der Waals surface area contributed by atoms with Crippen LogP contribution in [0.4, 0.5) is 4.39 Å². The molecule has 0 saturated carbocycles. The average molecular weight is 301 g/mol. The minimum atomic E-state index is -0.250. The Bertz CT molecular complexity index is 562. The molecule has 2 aromatic rings. The van der Waals surface area contributed by atoms with Crippen molar-refractivity contribution < 1.29 is 4.39 Å².